The Kier molecular flexibility index (Phi) is 4.63. The fourth-order valence-electron chi connectivity index (χ4n) is 3.14. The van der Waals surface area contributed by atoms with Crippen LogP contribution in [0.15, 0.2) is 12.7 Å². The Hall–Kier alpha value is -1.92. The highest BCUT2D eigenvalue weighted by Crippen LogP contribution is 2.32. The van der Waals surface area contributed by atoms with E-state index in [0.29, 0.717) is 31.3 Å². The lowest BCUT2D eigenvalue weighted by Gasteiger charge is -2.34. The molecule has 1 saturated carbocycles. The number of aromatic nitrogens is 3. The highest BCUT2D eigenvalue weighted by atomic mass is 16.2. The van der Waals surface area contributed by atoms with Crippen molar-refractivity contribution < 1.29 is 9.59 Å². The number of amides is 2. The summed E-state index contributed by atoms with van der Waals surface area (Å²) in [5.41, 5.74) is 0. The van der Waals surface area contributed by atoms with Gasteiger partial charge < -0.3 is 9.80 Å². The summed E-state index contributed by atoms with van der Waals surface area (Å²) >= 11 is 0. The Morgan fingerprint density at radius 2 is 2.17 bits per heavy atom. The largest absolute Gasteiger partial charge is 0.338 e. The van der Waals surface area contributed by atoms with Crippen molar-refractivity contribution in [3.63, 3.8) is 0 Å². The zero-order valence-corrected chi connectivity index (χ0v) is 13.9. The number of rotatable bonds is 5. The molecule has 1 atom stereocenters. The molecule has 0 radical (unpaired) electrons. The third kappa shape index (κ3) is 3.89. The molecule has 2 aliphatic rings. The van der Waals surface area contributed by atoms with Gasteiger partial charge in [0.2, 0.25) is 11.8 Å². The molecule has 1 aromatic rings. The van der Waals surface area contributed by atoms with Gasteiger partial charge in [0.05, 0.1) is 6.04 Å². The van der Waals surface area contributed by atoms with Crippen molar-refractivity contribution >= 4 is 11.8 Å². The summed E-state index contributed by atoms with van der Waals surface area (Å²) in [5.74, 6) is 1.18. The molecule has 3 rings (SSSR count). The van der Waals surface area contributed by atoms with Gasteiger partial charge in [-0.1, -0.05) is 13.8 Å². The van der Waals surface area contributed by atoms with Crippen LogP contribution in [0.1, 0.15) is 33.1 Å². The number of nitrogens with zero attached hydrogens (tertiary/aromatic N) is 5. The van der Waals surface area contributed by atoms with E-state index in [9.17, 15) is 9.59 Å². The van der Waals surface area contributed by atoms with Crippen LogP contribution in [0.4, 0.5) is 0 Å². The molecule has 0 spiro atoms. The average molecular weight is 319 g/mol. The predicted octanol–water partition coefficient (Wildman–Crippen LogP) is 0.774. The predicted molar refractivity (Wildman–Crippen MR) is 84.3 cm³/mol. The van der Waals surface area contributed by atoms with Crippen molar-refractivity contribution in [3.05, 3.63) is 12.7 Å². The van der Waals surface area contributed by atoms with Gasteiger partial charge in [-0.05, 0) is 24.7 Å². The highest BCUT2D eigenvalue weighted by Gasteiger charge is 2.36. The maximum absolute atomic E-state index is 12.5. The molecule has 0 N–H and O–H groups in total. The van der Waals surface area contributed by atoms with Crippen molar-refractivity contribution in [3.8, 4) is 0 Å². The third-order valence-corrected chi connectivity index (χ3v) is 4.76. The average Bonchev–Trinajstić information content (AvgIpc) is 3.22. The molecular formula is C16H25N5O2. The SMILES string of the molecule is CC(C)[C@@H]1CN(C(=O)Cn2cncn2)CCC(=O)N1CC1CC1. The van der Waals surface area contributed by atoms with E-state index in [-0.39, 0.29) is 24.4 Å². The van der Waals surface area contributed by atoms with Crippen molar-refractivity contribution in [1.29, 1.82) is 0 Å². The minimum Gasteiger partial charge on any atom is -0.338 e. The first-order valence-electron chi connectivity index (χ1n) is 8.44. The van der Waals surface area contributed by atoms with Crippen molar-refractivity contribution in [2.75, 3.05) is 19.6 Å². The maximum Gasteiger partial charge on any atom is 0.244 e. The minimum atomic E-state index is 0.00206. The first-order valence-corrected chi connectivity index (χ1v) is 8.44. The Labute approximate surface area is 136 Å². The summed E-state index contributed by atoms with van der Waals surface area (Å²) in [6.07, 6.45) is 5.83. The molecule has 1 aromatic heterocycles. The summed E-state index contributed by atoms with van der Waals surface area (Å²) < 4.78 is 1.53. The second-order valence-electron chi connectivity index (χ2n) is 6.98. The standard InChI is InChI=1S/C16H25N5O2/c1-12(2)14-8-19(16(23)9-20-11-17-10-18-20)6-5-15(22)21(14)7-13-3-4-13/h10-14H,3-9H2,1-2H3/t14-/m0/s1. The monoisotopic (exact) mass is 319 g/mol. The van der Waals surface area contributed by atoms with Gasteiger partial charge in [-0.15, -0.1) is 0 Å². The van der Waals surface area contributed by atoms with Crippen LogP contribution in [0, 0.1) is 11.8 Å². The minimum absolute atomic E-state index is 0.00206. The molecule has 1 aliphatic carbocycles. The van der Waals surface area contributed by atoms with E-state index in [0.717, 1.165) is 6.54 Å². The van der Waals surface area contributed by atoms with Gasteiger partial charge in [-0.2, -0.15) is 5.10 Å². The molecule has 2 fully saturated rings. The van der Waals surface area contributed by atoms with E-state index in [1.165, 1.54) is 23.9 Å². The highest BCUT2D eigenvalue weighted by molar-refractivity contribution is 5.80. The van der Waals surface area contributed by atoms with Crippen LogP contribution in [0.2, 0.25) is 0 Å². The summed E-state index contributed by atoms with van der Waals surface area (Å²) in [5, 5.41) is 3.99. The third-order valence-electron chi connectivity index (χ3n) is 4.76. The van der Waals surface area contributed by atoms with Gasteiger partial charge >= 0.3 is 0 Å². The quantitative estimate of drug-likeness (QED) is 0.804. The summed E-state index contributed by atoms with van der Waals surface area (Å²) in [7, 11) is 0. The number of hydrogen-bond donors (Lipinski definition) is 0. The first kappa shape index (κ1) is 16.0. The topological polar surface area (TPSA) is 71.3 Å². The van der Waals surface area contributed by atoms with Crippen LogP contribution in [0.5, 0.6) is 0 Å². The number of carbonyl (C=O) groups is 2. The maximum atomic E-state index is 12.5. The van der Waals surface area contributed by atoms with E-state index >= 15 is 0 Å². The van der Waals surface area contributed by atoms with Gasteiger partial charge in [0.1, 0.15) is 19.2 Å². The number of hydrogen-bond acceptors (Lipinski definition) is 4. The molecule has 7 nitrogen and oxygen atoms in total. The molecule has 1 aliphatic heterocycles. The van der Waals surface area contributed by atoms with Crippen molar-refractivity contribution in [2.45, 2.75) is 45.7 Å². The Morgan fingerprint density at radius 1 is 1.39 bits per heavy atom. The summed E-state index contributed by atoms with van der Waals surface area (Å²) in [6, 6.07) is 0.102. The lowest BCUT2D eigenvalue weighted by Crippen LogP contribution is -2.48. The van der Waals surface area contributed by atoms with Gasteiger partial charge in [-0.3, -0.25) is 9.59 Å². The fourth-order valence-corrected chi connectivity index (χ4v) is 3.14. The molecule has 126 valence electrons. The van der Waals surface area contributed by atoms with Crippen LogP contribution >= 0.6 is 0 Å². The normalized spacial score (nSPS) is 22.6. The van der Waals surface area contributed by atoms with Crippen LogP contribution in [-0.4, -0.2) is 62.1 Å². The molecule has 2 heterocycles. The van der Waals surface area contributed by atoms with E-state index in [1.54, 1.807) is 6.33 Å². The van der Waals surface area contributed by atoms with E-state index < -0.39 is 0 Å². The molecular weight excluding hydrogens is 294 g/mol. The summed E-state index contributed by atoms with van der Waals surface area (Å²) in [6.45, 7) is 6.40. The van der Waals surface area contributed by atoms with Crippen LogP contribution in [0.25, 0.3) is 0 Å². The van der Waals surface area contributed by atoms with Gasteiger partial charge in [0, 0.05) is 26.1 Å². The molecule has 1 saturated heterocycles. The molecule has 0 aromatic carbocycles. The second-order valence-corrected chi connectivity index (χ2v) is 6.98. The Balaban J connectivity index is 1.70. The zero-order chi connectivity index (χ0) is 16.4. The summed E-state index contributed by atoms with van der Waals surface area (Å²) in [4.78, 5) is 32.8. The molecule has 7 heteroatoms. The van der Waals surface area contributed by atoms with E-state index in [2.05, 4.69) is 23.9 Å². The Morgan fingerprint density at radius 3 is 2.78 bits per heavy atom. The zero-order valence-electron chi connectivity index (χ0n) is 13.9. The molecule has 0 unspecified atom stereocenters. The molecule has 0 bridgehead atoms. The van der Waals surface area contributed by atoms with Gasteiger partial charge in [-0.25, -0.2) is 9.67 Å². The second kappa shape index (κ2) is 6.68. The van der Waals surface area contributed by atoms with Gasteiger partial charge in [0.15, 0.2) is 0 Å². The first-order chi connectivity index (χ1) is 11.0. The number of carbonyl (C=O) groups excluding carboxylic acids is 2. The Bertz CT molecular complexity index is 553. The van der Waals surface area contributed by atoms with Gasteiger partial charge in [0.25, 0.3) is 0 Å². The van der Waals surface area contributed by atoms with Crippen LogP contribution in [0.3, 0.4) is 0 Å². The molecule has 23 heavy (non-hydrogen) atoms. The lowest BCUT2D eigenvalue weighted by atomic mass is 10.0. The lowest BCUT2D eigenvalue weighted by molar-refractivity contribution is -0.134. The van der Waals surface area contributed by atoms with Crippen LogP contribution < -0.4 is 0 Å². The molecule has 2 amide bonds. The van der Waals surface area contributed by atoms with Crippen molar-refractivity contribution in [1.82, 2.24) is 24.6 Å². The van der Waals surface area contributed by atoms with E-state index in [4.69, 9.17) is 0 Å². The van der Waals surface area contributed by atoms with Crippen LogP contribution in [-0.2, 0) is 16.1 Å². The smallest absolute Gasteiger partial charge is 0.244 e. The van der Waals surface area contributed by atoms with E-state index in [1.807, 2.05) is 9.80 Å². The fraction of sp³-hybridized carbons (Fsp3) is 0.750. The van der Waals surface area contributed by atoms with Crippen molar-refractivity contribution in [2.24, 2.45) is 11.8 Å².